The monoisotopic (exact) mass is 352 g/mol. The molecule has 0 unspecified atom stereocenters. The van der Waals surface area contributed by atoms with Gasteiger partial charge in [-0.3, -0.25) is 9.78 Å². The number of hydrogen-bond donors (Lipinski definition) is 0. The van der Waals surface area contributed by atoms with Gasteiger partial charge in [0.25, 0.3) is 5.91 Å². The highest BCUT2D eigenvalue weighted by Crippen LogP contribution is 2.27. The molecular formula is C18H19F3N2O2. The molecule has 1 aromatic carbocycles. The summed E-state index contributed by atoms with van der Waals surface area (Å²) in [5.41, 5.74) is 1.23. The molecule has 0 saturated heterocycles. The molecule has 0 aliphatic rings. The summed E-state index contributed by atoms with van der Waals surface area (Å²) in [5, 5.41) is 0. The number of benzene rings is 1. The lowest BCUT2D eigenvalue weighted by Gasteiger charge is -2.18. The molecule has 0 aliphatic heterocycles. The number of carbonyl (C=O) groups is 1. The van der Waals surface area contributed by atoms with Gasteiger partial charge in [-0.15, -0.1) is 0 Å². The maximum absolute atomic E-state index is 12.5. The van der Waals surface area contributed by atoms with Crippen molar-refractivity contribution < 1.29 is 22.7 Å². The number of aryl methyl sites for hydroxylation is 2. The molecule has 1 heterocycles. The van der Waals surface area contributed by atoms with E-state index in [-0.39, 0.29) is 12.2 Å². The number of hydrogen-bond acceptors (Lipinski definition) is 3. The first-order valence-electron chi connectivity index (χ1n) is 7.66. The third-order valence-electron chi connectivity index (χ3n) is 3.54. The number of ether oxygens (including phenoxy) is 1. The normalized spacial score (nSPS) is 11.3. The average Bonchev–Trinajstić information content (AvgIpc) is 2.52. The van der Waals surface area contributed by atoms with Crippen LogP contribution in [0.2, 0.25) is 0 Å². The van der Waals surface area contributed by atoms with Crippen LogP contribution >= 0.6 is 0 Å². The van der Waals surface area contributed by atoms with Gasteiger partial charge >= 0.3 is 6.18 Å². The molecule has 0 radical (unpaired) electrons. The van der Waals surface area contributed by atoms with E-state index in [2.05, 4.69) is 4.98 Å². The highest BCUT2D eigenvalue weighted by molar-refractivity contribution is 5.93. The van der Waals surface area contributed by atoms with Crippen LogP contribution in [0.3, 0.4) is 0 Å². The number of carbonyl (C=O) groups excluding carboxylic acids is 1. The Labute approximate surface area is 144 Å². The van der Waals surface area contributed by atoms with Crippen LogP contribution in [0.25, 0.3) is 0 Å². The van der Waals surface area contributed by atoms with Crippen LogP contribution in [0.4, 0.5) is 13.2 Å². The van der Waals surface area contributed by atoms with Gasteiger partial charge in [0, 0.05) is 13.2 Å². The Morgan fingerprint density at radius 3 is 2.32 bits per heavy atom. The van der Waals surface area contributed by atoms with E-state index in [0.717, 1.165) is 35.2 Å². The van der Waals surface area contributed by atoms with Gasteiger partial charge in [0.05, 0.1) is 12.1 Å². The van der Waals surface area contributed by atoms with Gasteiger partial charge < -0.3 is 9.64 Å². The molecule has 7 heteroatoms. The molecule has 0 bridgehead atoms. The van der Waals surface area contributed by atoms with E-state index in [0.29, 0.717) is 6.54 Å². The fraction of sp³-hybridized carbons (Fsp3) is 0.333. The Bertz CT molecular complexity index is 723. The Morgan fingerprint density at radius 1 is 1.16 bits per heavy atom. The molecule has 1 amide bonds. The van der Waals surface area contributed by atoms with E-state index in [1.165, 1.54) is 4.90 Å². The number of likely N-dealkylation sites (N-methyl/N-ethyl adjacent to an activating group) is 1. The van der Waals surface area contributed by atoms with Crippen LogP contribution in [0.15, 0.2) is 36.5 Å². The van der Waals surface area contributed by atoms with Crippen molar-refractivity contribution in [1.82, 2.24) is 9.88 Å². The summed E-state index contributed by atoms with van der Waals surface area (Å²) in [6.07, 6.45) is -3.58. The maximum atomic E-state index is 12.5. The molecule has 0 spiro atoms. The second-order valence-corrected chi connectivity index (χ2v) is 5.83. The van der Waals surface area contributed by atoms with Crippen molar-refractivity contribution in [3.8, 4) is 5.75 Å². The molecule has 25 heavy (non-hydrogen) atoms. The summed E-state index contributed by atoms with van der Waals surface area (Å²) in [5.74, 6) is 0.305. The average molecular weight is 352 g/mol. The lowest BCUT2D eigenvalue weighted by molar-refractivity contribution is -0.141. The largest absolute Gasteiger partial charge is 0.492 e. The highest BCUT2D eigenvalue weighted by atomic mass is 19.4. The van der Waals surface area contributed by atoms with Gasteiger partial charge in [-0.25, -0.2) is 0 Å². The quantitative estimate of drug-likeness (QED) is 0.820. The molecule has 1 aromatic heterocycles. The predicted octanol–water partition coefficient (Wildman–Crippen LogP) is 3.87. The third-order valence-corrected chi connectivity index (χ3v) is 3.54. The van der Waals surface area contributed by atoms with Gasteiger partial charge in [-0.2, -0.15) is 13.2 Å². The SMILES string of the molecule is Cc1cc(C)cc(OCCN(C)C(=O)c2ccc(C(F)(F)F)nc2)c1. The first kappa shape index (κ1) is 18.8. The van der Waals surface area contributed by atoms with Gasteiger partial charge in [0.15, 0.2) is 0 Å². The molecular weight excluding hydrogens is 333 g/mol. The van der Waals surface area contributed by atoms with Crippen LogP contribution < -0.4 is 4.74 Å². The number of alkyl halides is 3. The summed E-state index contributed by atoms with van der Waals surface area (Å²) >= 11 is 0. The molecule has 2 aromatic rings. The molecule has 134 valence electrons. The maximum Gasteiger partial charge on any atom is 0.433 e. The molecule has 2 rings (SSSR count). The molecule has 0 atom stereocenters. The molecule has 0 aliphatic carbocycles. The van der Waals surface area contributed by atoms with Gasteiger partial charge in [-0.05, 0) is 49.2 Å². The Morgan fingerprint density at radius 2 is 1.80 bits per heavy atom. The zero-order valence-corrected chi connectivity index (χ0v) is 14.2. The Hall–Kier alpha value is -2.57. The molecule has 0 fully saturated rings. The third kappa shape index (κ3) is 5.20. The van der Waals surface area contributed by atoms with E-state index in [1.807, 2.05) is 32.0 Å². The number of nitrogens with zero attached hydrogens (tertiary/aromatic N) is 2. The summed E-state index contributed by atoms with van der Waals surface area (Å²) in [6.45, 7) is 4.51. The minimum Gasteiger partial charge on any atom is -0.492 e. The number of pyridine rings is 1. The van der Waals surface area contributed by atoms with Crippen LogP contribution in [-0.4, -0.2) is 36.0 Å². The van der Waals surface area contributed by atoms with Gasteiger partial charge in [-0.1, -0.05) is 6.07 Å². The lowest BCUT2D eigenvalue weighted by atomic mass is 10.1. The first-order chi connectivity index (χ1) is 11.7. The number of rotatable bonds is 5. The van der Waals surface area contributed by atoms with Gasteiger partial charge in [0.1, 0.15) is 18.1 Å². The second-order valence-electron chi connectivity index (χ2n) is 5.83. The summed E-state index contributed by atoms with van der Waals surface area (Å²) < 4.78 is 43.1. The van der Waals surface area contributed by atoms with E-state index >= 15 is 0 Å². The van der Waals surface area contributed by atoms with Crippen LogP contribution in [0.1, 0.15) is 27.2 Å². The number of aromatic nitrogens is 1. The topological polar surface area (TPSA) is 42.4 Å². The second kappa shape index (κ2) is 7.55. The van der Waals surface area contributed by atoms with Crippen molar-refractivity contribution in [2.24, 2.45) is 0 Å². The smallest absolute Gasteiger partial charge is 0.433 e. The van der Waals surface area contributed by atoms with Crippen LogP contribution in [0, 0.1) is 13.8 Å². The van der Waals surface area contributed by atoms with E-state index in [1.54, 1.807) is 7.05 Å². The zero-order valence-electron chi connectivity index (χ0n) is 14.2. The van der Waals surface area contributed by atoms with Crippen molar-refractivity contribution >= 4 is 5.91 Å². The van der Waals surface area contributed by atoms with Gasteiger partial charge in [0.2, 0.25) is 0 Å². The van der Waals surface area contributed by atoms with Crippen molar-refractivity contribution in [3.63, 3.8) is 0 Å². The predicted molar refractivity (Wildman–Crippen MR) is 87.6 cm³/mol. The number of amides is 1. The van der Waals surface area contributed by atoms with Crippen molar-refractivity contribution in [3.05, 3.63) is 58.9 Å². The van der Waals surface area contributed by atoms with E-state index < -0.39 is 17.8 Å². The number of halogens is 3. The minimum atomic E-state index is -4.52. The fourth-order valence-corrected chi connectivity index (χ4v) is 2.33. The lowest BCUT2D eigenvalue weighted by Crippen LogP contribution is -2.31. The van der Waals surface area contributed by atoms with E-state index in [4.69, 9.17) is 4.74 Å². The standard InChI is InChI=1S/C18H19F3N2O2/c1-12-8-13(2)10-15(9-12)25-7-6-23(3)17(24)14-4-5-16(22-11-14)18(19,20)21/h4-5,8-11H,6-7H2,1-3H3. The summed E-state index contributed by atoms with van der Waals surface area (Å²) in [6, 6.07) is 7.75. The van der Waals surface area contributed by atoms with Crippen LogP contribution in [-0.2, 0) is 6.18 Å². The van der Waals surface area contributed by atoms with E-state index in [9.17, 15) is 18.0 Å². The summed E-state index contributed by atoms with van der Waals surface area (Å²) in [4.78, 5) is 16.9. The fourth-order valence-electron chi connectivity index (χ4n) is 2.33. The molecule has 4 nitrogen and oxygen atoms in total. The first-order valence-corrected chi connectivity index (χ1v) is 7.66. The van der Waals surface area contributed by atoms with Crippen molar-refractivity contribution in [2.75, 3.05) is 20.2 Å². The van der Waals surface area contributed by atoms with Crippen molar-refractivity contribution in [1.29, 1.82) is 0 Å². The minimum absolute atomic E-state index is 0.0990. The molecule has 0 N–H and O–H groups in total. The summed E-state index contributed by atoms with van der Waals surface area (Å²) in [7, 11) is 1.56. The Kier molecular flexibility index (Phi) is 5.66. The molecule has 0 saturated carbocycles. The Balaban J connectivity index is 1.91. The van der Waals surface area contributed by atoms with Crippen LogP contribution in [0.5, 0.6) is 5.75 Å². The highest BCUT2D eigenvalue weighted by Gasteiger charge is 2.32. The van der Waals surface area contributed by atoms with Crippen molar-refractivity contribution in [2.45, 2.75) is 20.0 Å². The zero-order chi connectivity index (χ0) is 18.6.